The zero-order valence-corrected chi connectivity index (χ0v) is 13.1. The van der Waals surface area contributed by atoms with Crippen LogP contribution in [0.25, 0.3) is 0 Å². The molecule has 1 heterocycles. The summed E-state index contributed by atoms with van der Waals surface area (Å²) in [6.07, 6.45) is -0.0448. The molecule has 24 heavy (non-hydrogen) atoms. The van der Waals surface area contributed by atoms with E-state index >= 15 is 0 Å². The first kappa shape index (κ1) is 16.8. The van der Waals surface area contributed by atoms with E-state index in [2.05, 4.69) is 5.32 Å². The van der Waals surface area contributed by atoms with Crippen LogP contribution in [0.5, 0.6) is 0 Å². The molecular formula is C17H19F3N2O2. The van der Waals surface area contributed by atoms with E-state index in [9.17, 15) is 22.8 Å². The van der Waals surface area contributed by atoms with E-state index in [-0.39, 0.29) is 24.3 Å². The molecule has 1 atom stereocenters. The van der Waals surface area contributed by atoms with Gasteiger partial charge in [0.05, 0.1) is 11.5 Å². The smallest absolute Gasteiger partial charge is 0.339 e. The van der Waals surface area contributed by atoms with Crippen LogP contribution in [-0.4, -0.2) is 29.3 Å². The maximum atomic E-state index is 12.5. The average Bonchev–Trinajstić information content (AvgIpc) is 3.16. The zero-order chi connectivity index (χ0) is 17.3. The van der Waals surface area contributed by atoms with Crippen LogP contribution in [0, 0.1) is 5.92 Å². The van der Waals surface area contributed by atoms with Crippen LogP contribution in [0.1, 0.15) is 37.7 Å². The predicted molar refractivity (Wildman–Crippen MR) is 82.1 cm³/mol. The van der Waals surface area contributed by atoms with E-state index in [4.69, 9.17) is 0 Å². The molecule has 1 saturated carbocycles. The van der Waals surface area contributed by atoms with Crippen molar-refractivity contribution >= 4 is 17.5 Å². The normalized spacial score (nSPS) is 22.2. The van der Waals surface area contributed by atoms with Crippen LogP contribution < -0.4 is 5.32 Å². The quantitative estimate of drug-likeness (QED) is 0.916. The number of nitrogens with one attached hydrogen (secondary N) is 1. The lowest BCUT2D eigenvalue weighted by atomic mass is 10.1. The van der Waals surface area contributed by atoms with Crippen molar-refractivity contribution in [2.45, 2.75) is 44.3 Å². The largest absolute Gasteiger partial charge is 0.416 e. The van der Waals surface area contributed by atoms with Crippen LogP contribution in [0.15, 0.2) is 24.3 Å². The van der Waals surface area contributed by atoms with Gasteiger partial charge in [-0.25, -0.2) is 0 Å². The van der Waals surface area contributed by atoms with E-state index in [0.29, 0.717) is 12.2 Å². The maximum absolute atomic E-state index is 12.5. The summed E-state index contributed by atoms with van der Waals surface area (Å²) in [6, 6.07) is 4.56. The van der Waals surface area contributed by atoms with Gasteiger partial charge in [0.2, 0.25) is 11.8 Å². The summed E-state index contributed by atoms with van der Waals surface area (Å²) in [5.41, 5.74) is -0.455. The summed E-state index contributed by atoms with van der Waals surface area (Å²) < 4.78 is 37.6. The van der Waals surface area contributed by atoms with Gasteiger partial charge in [0, 0.05) is 24.7 Å². The van der Waals surface area contributed by atoms with Crippen molar-refractivity contribution in [3.8, 4) is 0 Å². The van der Waals surface area contributed by atoms with Crippen LogP contribution in [0.3, 0.4) is 0 Å². The summed E-state index contributed by atoms with van der Waals surface area (Å²) >= 11 is 0. The van der Waals surface area contributed by atoms with Gasteiger partial charge < -0.3 is 10.2 Å². The predicted octanol–water partition coefficient (Wildman–Crippen LogP) is 3.44. The van der Waals surface area contributed by atoms with E-state index in [1.165, 1.54) is 12.1 Å². The molecule has 0 bridgehead atoms. The third-order valence-corrected chi connectivity index (χ3v) is 4.77. The first-order chi connectivity index (χ1) is 11.3. The lowest BCUT2D eigenvalue weighted by Gasteiger charge is -2.23. The lowest BCUT2D eigenvalue weighted by molar-refractivity contribution is -0.137. The highest BCUT2D eigenvalue weighted by Gasteiger charge is 2.38. The van der Waals surface area contributed by atoms with Crippen molar-refractivity contribution in [3.05, 3.63) is 29.8 Å². The Labute approximate surface area is 138 Å². The molecule has 0 radical (unpaired) electrons. The molecule has 1 aromatic rings. The lowest BCUT2D eigenvalue weighted by Crippen LogP contribution is -2.35. The number of rotatable bonds is 3. The third-order valence-electron chi connectivity index (χ3n) is 4.77. The van der Waals surface area contributed by atoms with Gasteiger partial charge in [-0.1, -0.05) is 12.8 Å². The molecule has 1 aliphatic carbocycles. The number of carbonyl (C=O) groups excluding carboxylic acids is 2. The Morgan fingerprint density at radius 2 is 1.75 bits per heavy atom. The molecule has 1 aliphatic heterocycles. The summed E-state index contributed by atoms with van der Waals surface area (Å²) in [5.74, 6) is -0.765. The van der Waals surface area contributed by atoms with Crippen molar-refractivity contribution < 1.29 is 22.8 Å². The van der Waals surface area contributed by atoms with Gasteiger partial charge >= 0.3 is 6.18 Å². The molecule has 0 aromatic heterocycles. The number of anilines is 1. The van der Waals surface area contributed by atoms with Crippen molar-refractivity contribution in [2.75, 3.05) is 11.9 Å². The van der Waals surface area contributed by atoms with Crippen LogP contribution >= 0.6 is 0 Å². The molecule has 7 heteroatoms. The van der Waals surface area contributed by atoms with Crippen LogP contribution in [0.2, 0.25) is 0 Å². The SMILES string of the molecule is O=C(Nc1ccc(C(F)(F)F)cc1)[C@H]1CC(=O)N(C2CCCC2)C1. The standard InChI is InChI=1S/C17H19F3N2O2/c18-17(19,20)12-5-7-13(8-6-12)21-16(24)11-9-15(23)22(10-11)14-3-1-2-4-14/h5-8,11,14H,1-4,9-10H2,(H,21,24)/t11-/m0/s1. The van der Waals surface area contributed by atoms with Crippen molar-refractivity contribution in [1.29, 1.82) is 0 Å². The Hall–Kier alpha value is -2.05. The van der Waals surface area contributed by atoms with Gasteiger partial charge in [0.1, 0.15) is 0 Å². The van der Waals surface area contributed by atoms with Gasteiger partial charge in [-0.2, -0.15) is 13.2 Å². The Morgan fingerprint density at radius 1 is 1.12 bits per heavy atom. The maximum Gasteiger partial charge on any atom is 0.416 e. The number of nitrogens with zero attached hydrogens (tertiary/aromatic N) is 1. The molecule has 4 nitrogen and oxygen atoms in total. The minimum Gasteiger partial charge on any atom is -0.339 e. The number of hydrogen-bond donors (Lipinski definition) is 1. The monoisotopic (exact) mass is 340 g/mol. The molecule has 2 amide bonds. The van der Waals surface area contributed by atoms with Gasteiger partial charge in [0.25, 0.3) is 0 Å². The second-order valence-electron chi connectivity index (χ2n) is 6.45. The first-order valence-corrected chi connectivity index (χ1v) is 8.12. The zero-order valence-electron chi connectivity index (χ0n) is 13.1. The fourth-order valence-electron chi connectivity index (χ4n) is 3.46. The van der Waals surface area contributed by atoms with Crippen molar-refractivity contribution in [2.24, 2.45) is 5.92 Å². The fraction of sp³-hybridized carbons (Fsp3) is 0.529. The molecule has 2 aliphatic rings. The number of halogens is 3. The molecular weight excluding hydrogens is 321 g/mol. The highest BCUT2D eigenvalue weighted by molar-refractivity contribution is 5.97. The third kappa shape index (κ3) is 3.55. The minimum atomic E-state index is -4.40. The number of carbonyl (C=O) groups is 2. The molecule has 0 spiro atoms. The Balaban J connectivity index is 1.60. The molecule has 130 valence electrons. The molecule has 1 aromatic carbocycles. The first-order valence-electron chi connectivity index (χ1n) is 8.12. The summed E-state index contributed by atoms with van der Waals surface area (Å²) in [7, 11) is 0. The van der Waals surface area contributed by atoms with Gasteiger partial charge in [0.15, 0.2) is 0 Å². The highest BCUT2D eigenvalue weighted by atomic mass is 19.4. The van der Waals surface area contributed by atoms with Gasteiger partial charge in [-0.05, 0) is 37.1 Å². The number of likely N-dealkylation sites (tertiary alicyclic amines) is 1. The summed E-state index contributed by atoms with van der Waals surface area (Å²) in [6.45, 7) is 0.399. The second kappa shape index (κ2) is 6.45. The van der Waals surface area contributed by atoms with E-state index in [1.54, 1.807) is 4.90 Å². The van der Waals surface area contributed by atoms with E-state index in [0.717, 1.165) is 37.8 Å². The highest BCUT2D eigenvalue weighted by Crippen LogP contribution is 2.31. The Bertz CT molecular complexity index is 622. The van der Waals surface area contributed by atoms with E-state index in [1.807, 2.05) is 0 Å². The molecule has 1 saturated heterocycles. The Morgan fingerprint density at radius 3 is 2.33 bits per heavy atom. The number of hydrogen-bond acceptors (Lipinski definition) is 2. The Kier molecular flexibility index (Phi) is 4.51. The van der Waals surface area contributed by atoms with Crippen LogP contribution in [0.4, 0.5) is 18.9 Å². The average molecular weight is 340 g/mol. The topological polar surface area (TPSA) is 49.4 Å². The number of benzene rings is 1. The van der Waals surface area contributed by atoms with Crippen molar-refractivity contribution in [1.82, 2.24) is 4.90 Å². The second-order valence-corrected chi connectivity index (χ2v) is 6.45. The fourth-order valence-corrected chi connectivity index (χ4v) is 3.46. The molecule has 2 fully saturated rings. The van der Waals surface area contributed by atoms with Crippen LogP contribution in [-0.2, 0) is 15.8 Å². The van der Waals surface area contributed by atoms with Gasteiger partial charge in [-0.3, -0.25) is 9.59 Å². The summed E-state index contributed by atoms with van der Waals surface area (Å²) in [4.78, 5) is 26.2. The van der Waals surface area contributed by atoms with Gasteiger partial charge in [-0.15, -0.1) is 0 Å². The molecule has 0 unspecified atom stereocenters. The molecule has 3 rings (SSSR count). The summed E-state index contributed by atoms with van der Waals surface area (Å²) in [5, 5.41) is 2.61. The number of amides is 2. The minimum absolute atomic E-state index is 0.00512. The van der Waals surface area contributed by atoms with Crippen molar-refractivity contribution in [3.63, 3.8) is 0 Å². The molecule has 1 N–H and O–H groups in total. The van der Waals surface area contributed by atoms with E-state index < -0.39 is 17.7 Å². The number of alkyl halides is 3.